The second-order valence-corrected chi connectivity index (χ2v) is 9.14. The summed E-state index contributed by atoms with van der Waals surface area (Å²) in [4.78, 5) is 13.1. The zero-order valence-electron chi connectivity index (χ0n) is 17.1. The molecule has 0 bridgehead atoms. The zero-order valence-corrected chi connectivity index (χ0v) is 18.7. The lowest BCUT2D eigenvalue weighted by Crippen LogP contribution is -2.45. The Morgan fingerprint density at radius 2 is 1.71 bits per heavy atom. The molecule has 2 N–H and O–H groups in total. The Kier molecular flexibility index (Phi) is 7.33. The van der Waals surface area contributed by atoms with E-state index in [1.165, 1.54) is 19.2 Å². The second-order valence-electron chi connectivity index (χ2n) is 7.02. The highest BCUT2D eigenvalue weighted by Crippen LogP contribution is 2.27. The summed E-state index contributed by atoms with van der Waals surface area (Å²) >= 11 is 6.13. The van der Waals surface area contributed by atoms with Gasteiger partial charge in [-0.05, 0) is 49.2 Å². The summed E-state index contributed by atoms with van der Waals surface area (Å²) in [6, 6.07) is 19.4. The van der Waals surface area contributed by atoms with Crippen molar-refractivity contribution < 1.29 is 17.9 Å². The molecule has 0 saturated carbocycles. The van der Waals surface area contributed by atoms with E-state index in [2.05, 4.69) is 10.0 Å². The number of methoxy groups -OCH3 is 1. The molecule has 0 fully saturated rings. The topological polar surface area (TPSA) is 84.5 Å². The molecule has 1 amide bonds. The number of anilines is 1. The molecule has 0 saturated heterocycles. The molecule has 3 aromatic rings. The van der Waals surface area contributed by atoms with Crippen LogP contribution in [0.1, 0.15) is 11.1 Å². The average molecular weight is 459 g/mol. The van der Waals surface area contributed by atoms with Gasteiger partial charge in [0.2, 0.25) is 15.9 Å². The third kappa shape index (κ3) is 6.07. The van der Waals surface area contributed by atoms with Crippen LogP contribution in [0, 0.1) is 6.92 Å². The van der Waals surface area contributed by atoms with Gasteiger partial charge >= 0.3 is 0 Å². The van der Waals surface area contributed by atoms with Crippen LogP contribution in [-0.2, 0) is 21.2 Å². The summed E-state index contributed by atoms with van der Waals surface area (Å²) in [5.41, 5.74) is 2.19. The van der Waals surface area contributed by atoms with Crippen molar-refractivity contribution in [3.8, 4) is 5.75 Å². The van der Waals surface area contributed by atoms with Crippen LogP contribution in [0.4, 0.5) is 5.69 Å². The number of hydrogen-bond donors (Lipinski definition) is 2. The van der Waals surface area contributed by atoms with E-state index in [4.69, 9.17) is 16.3 Å². The summed E-state index contributed by atoms with van der Waals surface area (Å²) < 4.78 is 33.5. The smallest absolute Gasteiger partial charge is 0.242 e. The molecule has 0 aromatic heterocycles. The lowest BCUT2D eigenvalue weighted by molar-refractivity contribution is -0.117. The quantitative estimate of drug-likeness (QED) is 0.530. The number of aryl methyl sites for hydroxylation is 1. The summed E-state index contributed by atoms with van der Waals surface area (Å²) in [6.07, 6.45) is 0.182. The Bertz CT molecular complexity index is 1150. The van der Waals surface area contributed by atoms with Gasteiger partial charge in [-0.1, -0.05) is 59.6 Å². The van der Waals surface area contributed by atoms with E-state index < -0.39 is 22.0 Å². The first-order valence-corrected chi connectivity index (χ1v) is 11.4. The Morgan fingerprint density at radius 1 is 1.03 bits per heavy atom. The van der Waals surface area contributed by atoms with Crippen molar-refractivity contribution in [1.82, 2.24) is 4.72 Å². The Hall–Kier alpha value is -2.87. The molecule has 8 heteroatoms. The number of carbonyl (C=O) groups is 1. The first-order valence-electron chi connectivity index (χ1n) is 9.56. The van der Waals surface area contributed by atoms with Gasteiger partial charge in [0.05, 0.1) is 17.0 Å². The van der Waals surface area contributed by atoms with Gasteiger partial charge in [-0.3, -0.25) is 4.79 Å². The minimum atomic E-state index is -3.91. The van der Waals surface area contributed by atoms with Crippen LogP contribution >= 0.6 is 11.6 Å². The van der Waals surface area contributed by atoms with E-state index in [0.717, 1.165) is 11.1 Å². The molecule has 162 valence electrons. The van der Waals surface area contributed by atoms with Crippen LogP contribution in [-0.4, -0.2) is 27.5 Å². The van der Waals surface area contributed by atoms with E-state index >= 15 is 0 Å². The third-order valence-corrected chi connectivity index (χ3v) is 6.43. The maximum absolute atomic E-state index is 13.0. The average Bonchev–Trinajstić information content (AvgIpc) is 2.74. The molecule has 6 nitrogen and oxygen atoms in total. The number of rotatable bonds is 8. The number of carbonyl (C=O) groups excluding carboxylic acids is 1. The normalized spacial score (nSPS) is 12.2. The molecule has 0 aliphatic carbocycles. The highest BCUT2D eigenvalue weighted by molar-refractivity contribution is 7.89. The standard InChI is InChI=1S/C23H23ClN2O4S/c1-16-8-11-19(12-9-16)31(28,29)26-21(14-17-6-4-3-5-7-17)23(27)25-18-10-13-22(30-2)20(24)15-18/h3-13,15,21,26H,14H2,1-2H3,(H,25,27)/t21-/m0/s1. The predicted octanol–water partition coefficient (Wildman–Crippen LogP) is 4.19. The minimum absolute atomic E-state index is 0.0939. The molecule has 0 heterocycles. The lowest BCUT2D eigenvalue weighted by atomic mass is 10.1. The van der Waals surface area contributed by atoms with Gasteiger partial charge in [0.15, 0.2) is 0 Å². The Balaban J connectivity index is 1.85. The molecule has 3 aromatic carbocycles. The van der Waals surface area contributed by atoms with Crippen molar-refractivity contribution in [3.63, 3.8) is 0 Å². The minimum Gasteiger partial charge on any atom is -0.495 e. The van der Waals surface area contributed by atoms with Gasteiger partial charge in [-0.15, -0.1) is 0 Å². The molecular formula is C23H23ClN2O4S. The molecule has 0 unspecified atom stereocenters. The number of halogens is 1. The van der Waals surface area contributed by atoms with E-state index in [9.17, 15) is 13.2 Å². The predicted molar refractivity (Wildman–Crippen MR) is 122 cm³/mol. The largest absolute Gasteiger partial charge is 0.495 e. The second kappa shape index (κ2) is 9.96. The van der Waals surface area contributed by atoms with Crippen LogP contribution < -0.4 is 14.8 Å². The molecule has 1 atom stereocenters. The molecule has 0 aliphatic heterocycles. The number of benzene rings is 3. The van der Waals surface area contributed by atoms with Crippen molar-refractivity contribution in [3.05, 3.63) is 88.9 Å². The van der Waals surface area contributed by atoms with E-state index in [1.54, 1.807) is 30.3 Å². The van der Waals surface area contributed by atoms with E-state index in [-0.39, 0.29) is 11.3 Å². The maximum atomic E-state index is 13.0. The highest BCUT2D eigenvalue weighted by Gasteiger charge is 2.26. The molecule has 31 heavy (non-hydrogen) atoms. The Morgan fingerprint density at radius 3 is 2.32 bits per heavy atom. The lowest BCUT2D eigenvalue weighted by Gasteiger charge is -2.19. The summed E-state index contributed by atoms with van der Waals surface area (Å²) in [5, 5.41) is 3.07. The van der Waals surface area contributed by atoms with Crippen molar-refractivity contribution in [2.75, 3.05) is 12.4 Å². The van der Waals surface area contributed by atoms with Crippen LogP contribution in [0.5, 0.6) is 5.75 Å². The SMILES string of the molecule is COc1ccc(NC(=O)[C@H](Cc2ccccc2)NS(=O)(=O)c2ccc(C)cc2)cc1Cl. The molecule has 0 aliphatic rings. The van der Waals surface area contributed by atoms with Crippen molar-refractivity contribution in [2.24, 2.45) is 0 Å². The first-order chi connectivity index (χ1) is 14.8. The van der Waals surface area contributed by atoms with Gasteiger partial charge in [-0.25, -0.2) is 8.42 Å². The van der Waals surface area contributed by atoms with Gasteiger partial charge in [-0.2, -0.15) is 4.72 Å². The van der Waals surface area contributed by atoms with Crippen molar-refractivity contribution in [2.45, 2.75) is 24.3 Å². The number of sulfonamides is 1. The number of ether oxygens (including phenoxy) is 1. The van der Waals surface area contributed by atoms with Gasteiger partial charge in [0, 0.05) is 5.69 Å². The van der Waals surface area contributed by atoms with E-state index in [0.29, 0.717) is 16.5 Å². The number of amides is 1. The fraction of sp³-hybridized carbons (Fsp3) is 0.174. The van der Waals surface area contributed by atoms with Crippen LogP contribution in [0.25, 0.3) is 0 Å². The van der Waals surface area contributed by atoms with E-state index in [1.807, 2.05) is 37.3 Å². The van der Waals surface area contributed by atoms with Gasteiger partial charge in [0.25, 0.3) is 0 Å². The highest BCUT2D eigenvalue weighted by atomic mass is 35.5. The third-order valence-electron chi connectivity index (χ3n) is 4.65. The molecular weight excluding hydrogens is 436 g/mol. The Labute approximate surface area is 187 Å². The molecule has 0 spiro atoms. The maximum Gasteiger partial charge on any atom is 0.242 e. The summed E-state index contributed by atoms with van der Waals surface area (Å²) in [6.45, 7) is 1.87. The summed E-state index contributed by atoms with van der Waals surface area (Å²) in [7, 11) is -2.41. The van der Waals surface area contributed by atoms with Gasteiger partial charge in [0.1, 0.15) is 11.8 Å². The van der Waals surface area contributed by atoms with Crippen LogP contribution in [0.15, 0.2) is 77.7 Å². The molecule has 3 rings (SSSR count). The number of nitrogens with one attached hydrogen (secondary N) is 2. The monoisotopic (exact) mass is 458 g/mol. The van der Waals surface area contributed by atoms with Crippen LogP contribution in [0.2, 0.25) is 5.02 Å². The van der Waals surface area contributed by atoms with Crippen molar-refractivity contribution >= 4 is 33.2 Å². The van der Waals surface area contributed by atoms with Crippen LogP contribution in [0.3, 0.4) is 0 Å². The zero-order chi connectivity index (χ0) is 22.4. The fourth-order valence-electron chi connectivity index (χ4n) is 2.98. The van der Waals surface area contributed by atoms with Gasteiger partial charge < -0.3 is 10.1 Å². The first kappa shape index (κ1) is 22.8. The molecule has 0 radical (unpaired) electrons. The van der Waals surface area contributed by atoms with Crippen molar-refractivity contribution in [1.29, 1.82) is 0 Å². The number of hydrogen-bond acceptors (Lipinski definition) is 4. The summed E-state index contributed by atoms with van der Waals surface area (Å²) in [5.74, 6) is -0.0265. The fourth-order valence-corrected chi connectivity index (χ4v) is 4.44.